The molecule has 1 aliphatic carbocycles. The number of hydrogen-bond acceptors (Lipinski definition) is 7. The SMILES string of the molecule is O=C(Nc1nccs1)c1cnc(NCC2(c3ncccc3F)CCC2)nc1. The molecule has 2 N–H and O–H groups in total. The molecule has 1 fully saturated rings. The lowest BCUT2D eigenvalue weighted by molar-refractivity contribution is 0.102. The first-order valence-electron chi connectivity index (χ1n) is 8.54. The van der Waals surface area contributed by atoms with Crippen LogP contribution in [0.25, 0.3) is 0 Å². The van der Waals surface area contributed by atoms with Gasteiger partial charge < -0.3 is 5.32 Å². The highest BCUT2D eigenvalue weighted by atomic mass is 32.1. The molecule has 27 heavy (non-hydrogen) atoms. The summed E-state index contributed by atoms with van der Waals surface area (Å²) in [7, 11) is 0. The number of amides is 1. The number of hydrogen-bond donors (Lipinski definition) is 2. The van der Waals surface area contributed by atoms with Gasteiger partial charge in [-0.15, -0.1) is 11.3 Å². The van der Waals surface area contributed by atoms with Crippen molar-refractivity contribution in [2.45, 2.75) is 24.7 Å². The highest BCUT2D eigenvalue weighted by molar-refractivity contribution is 7.13. The topological polar surface area (TPSA) is 92.7 Å². The molecule has 4 rings (SSSR count). The Morgan fingerprint density at radius 3 is 2.63 bits per heavy atom. The number of carbonyl (C=O) groups excluding carboxylic acids is 1. The molecule has 0 aromatic carbocycles. The van der Waals surface area contributed by atoms with Crippen LogP contribution in [0.2, 0.25) is 0 Å². The summed E-state index contributed by atoms with van der Waals surface area (Å²) < 4.78 is 14.2. The first-order chi connectivity index (χ1) is 13.2. The average Bonchev–Trinajstić information content (AvgIpc) is 3.15. The van der Waals surface area contributed by atoms with E-state index in [9.17, 15) is 9.18 Å². The van der Waals surface area contributed by atoms with Gasteiger partial charge in [0.1, 0.15) is 5.82 Å². The molecular formula is C18H17FN6OS. The van der Waals surface area contributed by atoms with Gasteiger partial charge in [0.05, 0.1) is 11.3 Å². The quantitative estimate of drug-likeness (QED) is 0.678. The normalized spacial score (nSPS) is 15.0. The third kappa shape index (κ3) is 3.63. The molecule has 7 nitrogen and oxygen atoms in total. The van der Waals surface area contributed by atoms with E-state index in [-0.39, 0.29) is 17.1 Å². The number of thiazole rings is 1. The van der Waals surface area contributed by atoms with Crippen LogP contribution < -0.4 is 10.6 Å². The Labute approximate surface area is 159 Å². The minimum absolute atomic E-state index is 0.283. The van der Waals surface area contributed by atoms with Crippen LogP contribution in [0.4, 0.5) is 15.5 Å². The number of aromatic nitrogens is 4. The molecule has 3 aromatic heterocycles. The van der Waals surface area contributed by atoms with Crippen LogP contribution in [0, 0.1) is 5.82 Å². The van der Waals surface area contributed by atoms with Gasteiger partial charge in [0, 0.05) is 42.1 Å². The summed E-state index contributed by atoms with van der Waals surface area (Å²) in [5.74, 6) is -0.208. The second kappa shape index (κ2) is 7.36. The molecule has 1 aliphatic rings. The molecule has 0 saturated heterocycles. The third-order valence-corrected chi connectivity index (χ3v) is 5.41. The summed E-state index contributed by atoms with van der Waals surface area (Å²) in [5.41, 5.74) is 0.489. The molecule has 3 heterocycles. The molecule has 9 heteroatoms. The van der Waals surface area contributed by atoms with Crippen molar-refractivity contribution in [1.82, 2.24) is 19.9 Å². The molecule has 138 valence electrons. The van der Waals surface area contributed by atoms with E-state index in [0.29, 0.717) is 28.9 Å². The molecule has 0 bridgehead atoms. The van der Waals surface area contributed by atoms with Crippen molar-refractivity contribution in [3.05, 3.63) is 59.4 Å². The first-order valence-corrected chi connectivity index (χ1v) is 9.42. The van der Waals surface area contributed by atoms with E-state index in [0.717, 1.165) is 19.3 Å². The lowest BCUT2D eigenvalue weighted by atomic mass is 9.66. The fourth-order valence-corrected chi connectivity index (χ4v) is 3.64. The number of nitrogens with one attached hydrogen (secondary N) is 2. The summed E-state index contributed by atoms with van der Waals surface area (Å²) >= 11 is 1.34. The number of halogens is 1. The summed E-state index contributed by atoms with van der Waals surface area (Å²) in [6.07, 6.45) is 8.90. The molecule has 0 spiro atoms. The Hall–Kier alpha value is -2.94. The molecule has 0 aliphatic heterocycles. The maximum absolute atomic E-state index is 14.2. The van der Waals surface area contributed by atoms with Gasteiger partial charge in [0.25, 0.3) is 5.91 Å². The Bertz CT molecular complexity index is 927. The molecule has 3 aromatic rings. The minimum atomic E-state index is -0.338. The Morgan fingerprint density at radius 2 is 2.00 bits per heavy atom. The largest absolute Gasteiger partial charge is 0.353 e. The van der Waals surface area contributed by atoms with Gasteiger partial charge in [-0.3, -0.25) is 15.1 Å². The van der Waals surface area contributed by atoms with Gasteiger partial charge in [0.15, 0.2) is 5.13 Å². The summed E-state index contributed by atoms with van der Waals surface area (Å²) in [6, 6.07) is 3.03. The van der Waals surface area contributed by atoms with Gasteiger partial charge in [0.2, 0.25) is 5.95 Å². The number of nitrogens with zero attached hydrogens (tertiary/aromatic N) is 4. The van der Waals surface area contributed by atoms with Crippen LogP contribution in [0.1, 0.15) is 35.3 Å². The van der Waals surface area contributed by atoms with Gasteiger partial charge in [-0.2, -0.15) is 0 Å². The first kappa shape index (κ1) is 17.5. The van der Waals surface area contributed by atoms with Crippen LogP contribution in [-0.4, -0.2) is 32.4 Å². The molecule has 1 saturated carbocycles. The van der Waals surface area contributed by atoms with Gasteiger partial charge >= 0.3 is 0 Å². The van der Waals surface area contributed by atoms with E-state index in [1.54, 1.807) is 23.8 Å². The smallest absolute Gasteiger partial charge is 0.260 e. The highest BCUT2D eigenvalue weighted by Gasteiger charge is 2.41. The van der Waals surface area contributed by atoms with E-state index < -0.39 is 0 Å². The number of carbonyl (C=O) groups is 1. The number of rotatable bonds is 6. The van der Waals surface area contributed by atoms with Crippen molar-refractivity contribution in [2.24, 2.45) is 0 Å². The van der Waals surface area contributed by atoms with Crippen LogP contribution in [0.3, 0.4) is 0 Å². The zero-order chi connectivity index (χ0) is 18.7. The van der Waals surface area contributed by atoms with Crippen LogP contribution >= 0.6 is 11.3 Å². The lowest BCUT2D eigenvalue weighted by Crippen LogP contribution is -2.42. The van der Waals surface area contributed by atoms with Crippen molar-refractivity contribution in [3.8, 4) is 0 Å². The summed E-state index contributed by atoms with van der Waals surface area (Å²) in [4.78, 5) is 28.8. The fraction of sp³-hybridized carbons (Fsp3) is 0.278. The maximum Gasteiger partial charge on any atom is 0.260 e. The fourth-order valence-electron chi connectivity index (χ4n) is 3.12. The van der Waals surface area contributed by atoms with Gasteiger partial charge in [-0.05, 0) is 25.0 Å². The van der Waals surface area contributed by atoms with Crippen LogP contribution in [0.15, 0.2) is 42.3 Å². The zero-order valence-corrected chi connectivity index (χ0v) is 15.2. The van der Waals surface area contributed by atoms with Crippen molar-refractivity contribution in [3.63, 3.8) is 0 Å². The Morgan fingerprint density at radius 1 is 1.19 bits per heavy atom. The second-order valence-corrected chi connectivity index (χ2v) is 7.30. The third-order valence-electron chi connectivity index (χ3n) is 4.72. The standard InChI is InChI=1S/C18H17FN6OS/c19-13-3-1-6-20-14(13)18(4-2-5-18)11-24-16-22-9-12(10-23-16)15(26)25-17-21-7-8-27-17/h1,3,6-10H,2,4-5,11H2,(H,21,25,26)(H,22,23,24). The maximum atomic E-state index is 14.2. The molecular weight excluding hydrogens is 367 g/mol. The van der Waals surface area contributed by atoms with E-state index >= 15 is 0 Å². The molecule has 0 atom stereocenters. The van der Waals surface area contributed by atoms with E-state index in [2.05, 4.69) is 30.6 Å². The van der Waals surface area contributed by atoms with Crippen molar-refractivity contribution >= 4 is 28.3 Å². The monoisotopic (exact) mass is 384 g/mol. The molecule has 1 amide bonds. The lowest BCUT2D eigenvalue weighted by Gasteiger charge is -2.41. The van der Waals surface area contributed by atoms with Crippen LogP contribution in [0.5, 0.6) is 0 Å². The van der Waals surface area contributed by atoms with E-state index in [4.69, 9.17) is 0 Å². The zero-order valence-electron chi connectivity index (χ0n) is 14.4. The molecule has 0 unspecified atom stereocenters. The highest BCUT2D eigenvalue weighted by Crippen LogP contribution is 2.43. The summed E-state index contributed by atoms with van der Waals surface area (Å²) in [6.45, 7) is 0.492. The minimum Gasteiger partial charge on any atom is -0.353 e. The van der Waals surface area contributed by atoms with Crippen molar-refractivity contribution in [1.29, 1.82) is 0 Å². The average molecular weight is 384 g/mol. The predicted molar refractivity (Wildman–Crippen MR) is 100 cm³/mol. The van der Waals surface area contributed by atoms with Crippen LogP contribution in [-0.2, 0) is 5.41 Å². The second-order valence-electron chi connectivity index (χ2n) is 6.41. The molecule has 0 radical (unpaired) electrons. The number of anilines is 2. The van der Waals surface area contributed by atoms with Gasteiger partial charge in [-0.25, -0.2) is 19.3 Å². The number of pyridine rings is 1. The van der Waals surface area contributed by atoms with Crippen molar-refractivity contribution in [2.75, 3.05) is 17.2 Å². The van der Waals surface area contributed by atoms with Gasteiger partial charge in [-0.1, -0.05) is 6.42 Å². The van der Waals surface area contributed by atoms with E-state index in [1.165, 1.54) is 29.8 Å². The Balaban J connectivity index is 1.41. The van der Waals surface area contributed by atoms with Crippen molar-refractivity contribution < 1.29 is 9.18 Å². The summed E-state index contributed by atoms with van der Waals surface area (Å²) in [5, 5.41) is 8.13. The predicted octanol–water partition coefficient (Wildman–Crippen LogP) is 3.25. The Kier molecular flexibility index (Phi) is 4.76. The van der Waals surface area contributed by atoms with E-state index in [1.807, 2.05) is 0 Å².